The Bertz CT molecular complexity index is 848. The zero-order valence-electron chi connectivity index (χ0n) is 12.4. The standard InChI is InChI=1S/C14H8ClF6N3OS/c15-8-3-1-7(2-4-8)9-6-26-11(22-9)24-12(25,14(19,20)21)5-10(23-24)13(16,17)18/h1-4,6,25H,5H2/t12-/m1/s1. The van der Waals surface area contributed by atoms with Crippen LogP contribution in [0.3, 0.4) is 0 Å². The summed E-state index contributed by atoms with van der Waals surface area (Å²) in [7, 11) is 0. The quantitative estimate of drug-likeness (QED) is 0.714. The molecule has 1 aliphatic rings. The third-order valence-electron chi connectivity index (χ3n) is 3.58. The van der Waals surface area contributed by atoms with Crippen LogP contribution in [0, 0.1) is 0 Å². The van der Waals surface area contributed by atoms with Crippen molar-refractivity contribution in [2.45, 2.75) is 24.5 Å². The Hall–Kier alpha value is -1.85. The molecule has 1 N–H and O–H groups in total. The Balaban J connectivity index is 2.02. The second-order valence-corrected chi connectivity index (χ2v) is 6.64. The molecule has 1 aromatic heterocycles. The summed E-state index contributed by atoms with van der Waals surface area (Å²) in [4.78, 5) is 3.88. The summed E-state index contributed by atoms with van der Waals surface area (Å²) < 4.78 is 78.2. The summed E-state index contributed by atoms with van der Waals surface area (Å²) in [5.41, 5.74) is -4.86. The SMILES string of the molecule is O[C@@]1(C(F)(F)F)CC(C(F)(F)F)=NN1c1nc(-c2ccc(Cl)cc2)cs1. The topological polar surface area (TPSA) is 48.7 Å². The molecule has 2 heterocycles. The summed E-state index contributed by atoms with van der Waals surface area (Å²) in [5.74, 6) is 0. The molecule has 1 aromatic carbocycles. The Labute approximate surface area is 151 Å². The van der Waals surface area contributed by atoms with E-state index in [4.69, 9.17) is 11.6 Å². The Morgan fingerprint density at radius 1 is 1.12 bits per heavy atom. The van der Waals surface area contributed by atoms with E-state index in [0.717, 1.165) is 0 Å². The molecule has 0 saturated heterocycles. The van der Waals surface area contributed by atoms with Crippen LogP contribution in [0.4, 0.5) is 31.5 Å². The number of anilines is 1. The van der Waals surface area contributed by atoms with Crippen molar-refractivity contribution in [3.63, 3.8) is 0 Å². The summed E-state index contributed by atoms with van der Waals surface area (Å²) >= 11 is 6.37. The van der Waals surface area contributed by atoms with Crippen LogP contribution in [-0.4, -0.2) is 33.9 Å². The first-order chi connectivity index (χ1) is 11.9. The number of aliphatic hydroxyl groups is 1. The number of hydrazone groups is 1. The first-order valence-electron chi connectivity index (χ1n) is 6.87. The molecule has 0 unspecified atom stereocenters. The third-order valence-corrected chi connectivity index (χ3v) is 4.65. The van der Waals surface area contributed by atoms with Crippen molar-refractivity contribution in [1.29, 1.82) is 0 Å². The van der Waals surface area contributed by atoms with E-state index in [2.05, 4.69) is 10.1 Å². The van der Waals surface area contributed by atoms with Crippen LogP contribution in [0.1, 0.15) is 6.42 Å². The van der Waals surface area contributed by atoms with Gasteiger partial charge >= 0.3 is 12.4 Å². The van der Waals surface area contributed by atoms with Gasteiger partial charge in [0.05, 0.1) is 12.1 Å². The van der Waals surface area contributed by atoms with Gasteiger partial charge < -0.3 is 5.11 Å². The van der Waals surface area contributed by atoms with Crippen molar-refractivity contribution in [3.05, 3.63) is 34.7 Å². The summed E-state index contributed by atoms with van der Waals surface area (Å²) in [6, 6.07) is 6.15. The fourth-order valence-corrected chi connectivity index (χ4v) is 3.21. The maximum Gasteiger partial charge on any atom is 0.438 e. The maximum atomic E-state index is 13.2. The van der Waals surface area contributed by atoms with Crippen LogP contribution in [0.25, 0.3) is 11.3 Å². The lowest BCUT2D eigenvalue weighted by Crippen LogP contribution is -2.55. The van der Waals surface area contributed by atoms with Gasteiger partial charge in [-0.25, -0.2) is 4.98 Å². The zero-order valence-corrected chi connectivity index (χ0v) is 14.0. The highest BCUT2D eigenvalue weighted by molar-refractivity contribution is 7.14. The van der Waals surface area contributed by atoms with Crippen LogP contribution in [0.15, 0.2) is 34.7 Å². The molecule has 0 bridgehead atoms. The third kappa shape index (κ3) is 3.26. The molecule has 140 valence electrons. The largest absolute Gasteiger partial charge is 0.438 e. The number of halogens is 7. The minimum absolute atomic E-state index is 0.125. The molecule has 1 aliphatic heterocycles. The van der Waals surface area contributed by atoms with Crippen molar-refractivity contribution in [2.24, 2.45) is 5.10 Å². The second kappa shape index (κ2) is 6.10. The molecule has 12 heteroatoms. The highest BCUT2D eigenvalue weighted by atomic mass is 35.5. The van der Waals surface area contributed by atoms with E-state index in [-0.39, 0.29) is 10.7 Å². The second-order valence-electron chi connectivity index (χ2n) is 5.37. The molecule has 1 atom stereocenters. The van der Waals surface area contributed by atoms with Gasteiger partial charge in [0.15, 0.2) is 0 Å². The maximum absolute atomic E-state index is 13.2. The predicted molar refractivity (Wildman–Crippen MR) is 84.2 cm³/mol. The van der Waals surface area contributed by atoms with Crippen LogP contribution in [-0.2, 0) is 0 Å². The van der Waals surface area contributed by atoms with Gasteiger partial charge in [-0.1, -0.05) is 23.7 Å². The molecular weight excluding hydrogens is 408 g/mol. The van der Waals surface area contributed by atoms with Gasteiger partial charge in [0.1, 0.15) is 5.71 Å². The van der Waals surface area contributed by atoms with E-state index in [1.807, 2.05) is 0 Å². The van der Waals surface area contributed by atoms with Crippen LogP contribution < -0.4 is 5.01 Å². The lowest BCUT2D eigenvalue weighted by Gasteiger charge is -2.32. The lowest BCUT2D eigenvalue weighted by atomic mass is 10.1. The number of alkyl halides is 6. The van der Waals surface area contributed by atoms with Gasteiger partial charge in [0.2, 0.25) is 5.13 Å². The van der Waals surface area contributed by atoms with Crippen LogP contribution in [0.5, 0.6) is 0 Å². The van der Waals surface area contributed by atoms with Gasteiger partial charge in [-0.2, -0.15) is 36.5 Å². The van der Waals surface area contributed by atoms with Crippen molar-refractivity contribution in [1.82, 2.24) is 4.98 Å². The van der Waals surface area contributed by atoms with Gasteiger partial charge in [-0.15, -0.1) is 11.3 Å². The van der Waals surface area contributed by atoms with E-state index in [0.29, 0.717) is 21.9 Å². The normalized spacial score (nSPS) is 21.2. The highest BCUT2D eigenvalue weighted by Crippen LogP contribution is 2.46. The highest BCUT2D eigenvalue weighted by Gasteiger charge is 2.65. The number of rotatable bonds is 2. The molecule has 0 radical (unpaired) electrons. The number of hydrogen-bond acceptors (Lipinski definition) is 5. The smallest absolute Gasteiger partial charge is 0.362 e. The minimum atomic E-state index is -5.38. The zero-order chi connectivity index (χ0) is 19.3. The molecule has 0 aliphatic carbocycles. The van der Waals surface area contributed by atoms with Crippen molar-refractivity contribution < 1.29 is 31.4 Å². The molecule has 26 heavy (non-hydrogen) atoms. The molecule has 2 aromatic rings. The number of thiazole rings is 1. The first-order valence-corrected chi connectivity index (χ1v) is 8.13. The van der Waals surface area contributed by atoms with Gasteiger partial charge in [-0.3, -0.25) is 0 Å². The Morgan fingerprint density at radius 3 is 2.27 bits per heavy atom. The number of nitrogens with zero attached hydrogens (tertiary/aromatic N) is 3. The molecule has 3 rings (SSSR count). The van der Waals surface area contributed by atoms with E-state index in [1.54, 1.807) is 12.1 Å². The minimum Gasteiger partial charge on any atom is -0.362 e. The van der Waals surface area contributed by atoms with Crippen molar-refractivity contribution >= 4 is 33.8 Å². The van der Waals surface area contributed by atoms with E-state index in [1.165, 1.54) is 17.5 Å². The molecule has 0 amide bonds. The van der Waals surface area contributed by atoms with Crippen molar-refractivity contribution in [3.8, 4) is 11.3 Å². The van der Waals surface area contributed by atoms with Crippen LogP contribution >= 0.6 is 22.9 Å². The van der Waals surface area contributed by atoms with E-state index in [9.17, 15) is 31.4 Å². The summed E-state index contributed by atoms with van der Waals surface area (Å²) in [5, 5.41) is 14.0. The lowest BCUT2D eigenvalue weighted by molar-refractivity contribution is -0.255. The Morgan fingerprint density at radius 2 is 1.73 bits per heavy atom. The average molecular weight is 416 g/mol. The van der Waals surface area contributed by atoms with Crippen molar-refractivity contribution in [2.75, 3.05) is 5.01 Å². The molecule has 0 saturated carbocycles. The number of benzene rings is 1. The average Bonchev–Trinajstić information content (AvgIpc) is 3.12. The summed E-state index contributed by atoms with van der Waals surface area (Å²) in [6.07, 6.45) is -12.2. The fourth-order valence-electron chi connectivity index (χ4n) is 2.24. The fraction of sp³-hybridized carbons (Fsp3) is 0.286. The predicted octanol–water partition coefficient (Wildman–Crippen LogP) is 4.84. The van der Waals surface area contributed by atoms with Gasteiger partial charge in [0, 0.05) is 16.0 Å². The van der Waals surface area contributed by atoms with Gasteiger partial charge in [0.25, 0.3) is 5.72 Å². The molecule has 0 spiro atoms. The molecule has 4 nitrogen and oxygen atoms in total. The first kappa shape index (κ1) is 18.9. The van der Waals surface area contributed by atoms with E-state index < -0.39 is 35.3 Å². The van der Waals surface area contributed by atoms with E-state index >= 15 is 0 Å². The monoisotopic (exact) mass is 415 g/mol. The molecule has 0 fully saturated rings. The van der Waals surface area contributed by atoms with Gasteiger partial charge in [-0.05, 0) is 12.1 Å². The Kier molecular flexibility index (Phi) is 4.44. The molecular formula is C14H8ClF6N3OS. The van der Waals surface area contributed by atoms with Crippen LogP contribution in [0.2, 0.25) is 5.02 Å². The number of hydrogen-bond donors (Lipinski definition) is 1. The number of aromatic nitrogens is 1. The summed E-state index contributed by atoms with van der Waals surface area (Å²) in [6.45, 7) is 0.